The van der Waals surface area contributed by atoms with E-state index in [2.05, 4.69) is 25.8 Å². The molecular formula is C10H19N. The summed E-state index contributed by atoms with van der Waals surface area (Å²) in [6.45, 7) is 6.24. The van der Waals surface area contributed by atoms with Gasteiger partial charge in [0.1, 0.15) is 0 Å². The summed E-state index contributed by atoms with van der Waals surface area (Å²) in [5, 5.41) is 0. The van der Waals surface area contributed by atoms with Gasteiger partial charge in [-0.3, -0.25) is 0 Å². The van der Waals surface area contributed by atoms with Crippen molar-refractivity contribution in [2.75, 3.05) is 13.6 Å². The fourth-order valence-corrected chi connectivity index (χ4v) is 3.11. The lowest BCUT2D eigenvalue weighted by molar-refractivity contribution is 0.193. The van der Waals surface area contributed by atoms with Gasteiger partial charge in [0.25, 0.3) is 0 Å². The van der Waals surface area contributed by atoms with Crippen LogP contribution in [0.25, 0.3) is 0 Å². The molecule has 0 N–H and O–H groups in total. The number of likely N-dealkylation sites (tertiary alicyclic amines) is 1. The summed E-state index contributed by atoms with van der Waals surface area (Å²) in [5.74, 6) is 0.956. The molecule has 0 amide bonds. The molecular weight excluding hydrogens is 134 g/mol. The van der Waals surface area contributed by atoms with E-state index in [1.807, 2.05) is 0 Å². The Bertz CT molecular complexity index is 166. The highest BCUT2D eigenvalue weighted by atomic mass is 15.2. The van der Waals surface area contributed by atoms with E-state index in [0.717, 1.165) is 12.0 Å². The fourth-order valence-electron chi connectivity index (χ4n) is 3.11. The van der Waals surface area contributed by atoms with E-state index in [-0.39, 0.29) is 0 Å². The summed E-state index contributed by atoms with van der Waals surface area (Å²) in [7, 11) is 2.29. The Kier molecular flexibility index (Phi) is 1.54. The first-order valence-electron chi connectivity index (χ1n) is 4.85. The second-order valence-corrected chi connectivity index (χ2v) is 4.73. The largest absolute Gasteiger partial charge is 0.303 e. The van der Waals surface area contributed by atoms with Gasteiger partial charge in [0.05, 0.1) is 0 Å². The molecule has 1 saturated heterocycles. The monoisotopic (exact) mass is 153 g/mol. The average Bonchev–Trinajstić information content (AvgIpc) is 2.39. The van der Waals surface area contributed by atoms with Crippen molar-refractivity contribution in [1.82, 2.24) is 4.90 Å². The van der Waals surface area contributed by atoms with E-state index >= 15 is 0 Å². The number of hydrogen-bond acceptors (Lipinski definition) is 1. The molecule has 0 radical (unpaired) electrons. The molecule has 2 aliphatic rings. The first-order chi connectivity index (χ1) is 5.14. The van der Waals surface area contributed by atoms with E-state index in [9.17, 15) is 0 Å². The highest BCUT2D eigenvalue weighted by Gasteiger charge is 2.49. The molecule has 0 spiro atoms. The third-order valence-electron chi connectivity index (χ3n) is 4.30. The molecule has 1 heteroatoms. The van der Waals surface area contributed by atoms with Crippen LogP contribution in [0.5, 0.6) is 0 Å². The summed E-state index contributed by atoms with van der Waals surface area (Å²) >= 11 is 0. The van der Waals surface area contributed by atoms with Crippen LogP contribution < -0.4 is 0 Å². The molecule has 1 saturated carbocycles. The van der Waals surface area contributed by atoms with E-state index < -0.39 is 0 Å². The number of hydrogen-bond donors (Lipinski definition) is 0. The molecule has 1 nitrogen and oxygen atoms in total. The van der Waals surface area contributed by atoms with Crippen LogP contribution >= 0.6 is 0 Å². The van der Waals surface area contributed by atoms with E-state index in [1.165, 1.54) is 25.8 Å². The van der Waals surface area contributed by atoms with Gasteiger partial charge in [-0.2, -0.15) is 0 Å². The summed E-state index contributed by atoms with van der Waals surface area (Å²) in [5.41, 5.74) is 0.661. The Morgan fingerprint density at radius 2 is 2.09 bits per heavy atom. The summed E-state index contributed by atoms with van der Waals surface area (Å²) in [6, 6.07) is 0.900. The second kappa shape index (κ2) is 2.22. The van der Waals surface area contributed by atoms with Crippen LogP contribution in [-0.4, -0.2) is 24.5 Å². The van der Waals surface area contributed by atoms with Crippen molar-refractivity contribution in [2.24, 2.45) is 11.3 Å². The van der Waals surface area contributed by atoms with E-state index in [1.54, 1.807) is 0 Å². The maximum atomic E-state index is 2.56. The summed E-state index contributed by atoms with van der Waals surface area (Å²) < 4.78 is 0. The predicted octanol–water partition coefficient (Wildman–Crippen LogP) is 2.13. The summed E-state index contributed by atoms with van der Waals surface area (Å²) in [6.07, 6.45) is 4.31. The quantitative estimate of drug-likeness (QED) is 0.515. The van der Waals surface area contributed by atoms with Crippen LogP contribution in [-0.2, 0) is 0 Å². The molecule has 11 heavy (non-hydrogen) atoms. The predicted molar refractivity (Wildman–Crippen MR) is 47.5 cm³/mol. The lowest BCUT2D eigenvalue weighted by atomic mass is 9.78. The molecule has 1 aliphatic heterocycles. The highest BCUT2D eigenvalue weighted by molar-refractivity contribution is 5.02. The molecule has 0 aromatic carbocycles. The van der Waals surface area contributed by atoms with Crippen molar-refractivity contribution in [2.45, 2.75) is 39.2 Å². The van der Waals surface area contributed by atoms with Crippen molar-refractivity contribution in [1.29, 1.82) is 0 Å². The molecule has 3 unspecified atom stereocenters. The number of nitrogens with zero attached hydrogens (tertiary/aromatic N) is 1. The second-order valence-electron chi connectivity index (χ2n) is 4.73. The van der Waals surface area contributed by atoms with E-state index in [4.69, 9.17) is 0 Å². The van der Waals surface area contributed by atoms with Gasteiger partial charge in [0, 0.05) is 6.04 Å². The van der Waals surface area contributed by atoms with Crippen LogP contribution in [0.2, 0.25) is 0 Å². The molecule has 0 aromatic rings. The van der Waals surface area contributed by atoms with Gasteiger partial charge in [0.15, 0.2) is 0 Å². The first kappa shape index (κ1) is 7.60. The van der Waals surface area contributed by atoms with Gasteiger partial charge >= 0.3 is 0 Å². The molecule has 3 atom stereocenters. The van der Waals surface area contributed by atoms with Crippen LogP contribution in [0.15, 0.2) is 0 Å². The third kappa shape index (κ3) is 0.868. The van der Waals surface area contributed by atoms with Crippen LogP contribution in [0, 0.1) is 11.3 Å². The number of fused-ring (bicyclic) bond motifs is 1. The van der Waals surface area contributed by atoms with Crippen molar-refractivity contribution < 1.29 is 0 Å². The fraction of sp³-hybridized carbons (Fsp3) is 1.00. The van der Waals surface area contributed by atoms with Crippen LogP contribution in [0.1, 0.15) is 33.1 Å². The maximum absolute atomic E-state index is 2.56. The summed E-state index contributed by atoms with van der Waals surface area (Å²) in [4.78, 5) is 2.56. The Balaban J connectivity index is 2.23. The third-order valence-corrected chi connectivity index (χ3v) is 4.30. The standard InChI is InChI=1S/C10H19N/c1-8-4-5-9-10(8,2)6-7-11(9)3/h8-9H,4-7H2,1-3H3. The van der Waals surface area contributed by atoms with Gasteiger partial charge in [-0.15, -0.1) is 0 Å². The number of rotatable bonds is 0. The minimum Gasteiger partial charge on any atom is -0.303 e. The van der Waals surface area contributed by atoms with Crippen molar-refractivity contribution in [3.8, 4) is 0 Å². The molecule has 64 valence electrons. The lowest BCUT2D eigenvalue weighted by Crippen LogP contribution is -2.33. The van der Waals surface area contributed by atoms with Gasteiger partial charge in [0.2, 0.25) is 0 Å². The molecule has 0 bridgehead atoms. The Labute approximate surface area is 69.8 Å². The topological polar surface area (TPSA) is 3.24 Å². The SMILES string of the molecule is CC1CCC2N(C)CCC12C. The maximum Gasteiger partial charge on any atom is 0.0149 e. The smallest absolute Gasteiger partial charge is 0.0149 e. The zero-order chi connectivity index (χ0) is 8.06. The molecule has 2 rings (SSSR count). The minimum atomic E-state index is 0.661. The lowest BCUT2D eigenvalue weighted by Gasteiger charge is -2.30. The molecule has 2 fully saturated rings. The Morgan fingerprint density at radius 3 is 2.73 bits per heavy atom. The van der Waals surface area contributed by atoms with Gasteiger partial charge < -0.3 is 4.90 Å². The zero-order valence-corrected chi connectivity index (χ0v) is 7.93. The molecule has 1 aliphatic carbocycles. The minimum absolute atomic E-state index is 0.661. The van der Waals surface area contributed by atoms with Crippen LogP contribution in [0.4, 0.5) is 0 Å². The van der Waals surface area contributed by atoms with Gasteiger partial charge in [-0.05, 0) is 44.2 Å². The average molecular weight is 153 g/mol. The Morgan fingerprint density at radius 1 is 1.36 bits per heavy atom. The van der Waals surface area contributed by atoms with Gasteiger partial charge in [-0.25, -0.2) is 0 Å². The van der Waals surface area contributed by atoms with E-state index in [0.29, 0.717) is 5.41 Å². The highest BCUT2D eigenvalue weighted by Crippen LogP contribution is 2.51. The molecule has 1 heterocycles. The van der Waals surface area contributed by atoms with Gasteiger partial charge in [-0.1, -0.05) is 13.8 Å². The van der Waals surface area contributed by atoms with Crippen molar-refractivity contribution in [3.05, 3.63) is 0 Å². The molecule has 0 aromatic heterocycles. The van der Waals surface area contributed by atoms with Crippen LogP contribution in [0.3, 0.4) is 0 Å². The Hall–Kier alpha value is -0.0400. The first-order valence-corrected chi connectivity index (χ1v) is 4.85. The normalized spacial score (nSPS) is 51.5. The van der Waals surface area contributed by atoms with Crippen molar-refractivity contribution >= 4 is 0 Å². The van der Waals surface area contributed by atoms with Crippen molar-refractivity contribution in [3.63, 3.8) is 0 Å². The zero-order valence-electron chi connectivity index (χ0n) is 7.93.